The lowest BCUT2D eigenvalue weighted by Crippen LogP contribution is -2.25. The third-order valence-corrected chi connectivity index (χ3v) is 3.66. The number of carbonyl (C=O) groups is 1. The number of aromatic nitrogens is 2. The van der Waals surface area contributed by atoms with E-state index in [9.17, 15) is 14.0 Å². The van der Waals surface area contributed by atoms with Crippen molar-refractivity contribution < 1.29 is 9.18 Å². The van der Waals surface area contributed by atoms with Gasteiger partial charge in [0.15, 0.2) is 0 Å². The van der Waals surface area contributed by atoms with Crippen LogP contribution in [-0.4, -0.2) is 15.5 Å². The van der Waals surface area contributed by atoms with E-state index in [2.05, 4.69) is 10.3 Å². The first-order valence-electron chi connectivity index (χ1n) is 7.95. The molecule has 1 amide bonds. The van der Waals surface area contributed by atoms with Crippen LogP contribution >= 0.6 is 0 Å². The summed E-state index contributed by atoms with van der Waals surface area (Å²) in [5.74, 6) is -0.743. The third-order valence-electron chi connectivity index (χ3n) is 3.66. The van der Waals surface area contributed by atoms with Crippen LogP contribution in [0, 0.1) is 5.82 Å². The molecule has 0 atom stereocenters. The van der Waals surface area contributed by atoms with Crippen molar-refractivity contribution in [2.75, 3.05) is 5.32 Å². The van der Waals surface area contributed by atoms with Crippen LogP contribution in [0.4, 0.5) is 10.1 Å². The van der Waals surface area contributed by atoms with E-state index >= 15 is 0 Å². The first-order chi connectivity index (χ1) is 12.6. The normalized spacial score (nSPS) is 10.8. The van der Waals surface area contributed by atoms with Gasteiger partial charge in [-0.2, -0.15) is 0 Å². The minimum atomic E-state index is -0.412. The molecule has 0 aliphatic rings. The van der Waals surface area contributed by atoms with E-state index in [1.807, 2.05) is 6.07 Å². The summed E-state index contributed by atoms with van der Waals surface area (Å²) < 4.78 is 14.4. The van der Waals surface area contributed by atoms with E-state index in [0.717, 1.165) is 11.1 Å². The molecule has 2 aromatic heterocycles. The van der Waals surface area contributed by atoms with E-state index in [0.29, 0.717) is 0 Å². The van der Waals surface area contributed by atoms with Gasteiger partial charge in [0.2, 0.25) is 5.91 Å². The lowest BCUT2D eigenvalue weighted by atomic mass is 10.2. The summed E-state index contributed by atoms with van der Waals surface area (Å²) in [5, 5.41) is 2.58. The van der Waals surface area contributed by atoms with Crippen molar-refractivity contribution in [3.63, 3.8) is 0 Å². The van der Waals surface area contributed by atoms with Crippen LogP contribution in [-0.2, 0) is 11.3 Å². The minimum Gasteiger partial charge on any atom is -0.318 e. The van der Waals surface area contributed by atoms with Crippen LogP contribution in [0.2, 0.25) is 0 Å². The summed E-state index contributed by atoms with van der Waals surface area (Å²) >= 11 is 0. The van der Waals surface area contributed by atoms with Crippen LogP contribution in [0.15, 0.2) is 78.0 Å². The van der Waals surface area contributed by atoms with Gasteiger partial charge < -0.3 is 9.88 Å². The predicted molar refractivity (Wildman–Crippen MR) is 98.1 cm³/mol. The van der Waals surface area contributed by atoms with E-state index in [1.54, 1.807) is 55.0 Å². The Hall–Kier alpha value is -3.54. The van der Waals surface area contributed by atoms with Crippen LogP contribution in [0.5, 0.6) is 0 Å². The number of nitrogens with one attached hydrogen (secondary N) is 1. The molecule has 0 aliphatic heterocycles. The molecule has 130 valence electrons. The summed E-state index contributed by atoms with van der Waals surface area (Å²) in [6.45, 7) is 0.286. The third kappa shape index (κ3) is 4.51. The van der Waals surface area contributed by atoms with Crippen molar-refractivity contribution in [1.82, 2.24) is 9.55 Å². The lowest BCUT2D eigenvalue weighted by Gasteiger charge is -2.08. The molecular weight excluding hydrogens is 333 g/mol. The molecule has 0 bridgehead atoms. The zero-order valence-corrected chi connectivity index (χ0v) is 13.8. The van der Waals surface area contributed by atoms with Crippen molar-refractivity contribution in [1.29, 1.82) is 0 Å². The zero-order valence-electron chi connectivity index (χ0n) is 13.8. The quantitative estimate of drug-likeness (QED) is 0.720. The van der Waals surface area contributed by atoms with Gasteiger partial charge >= 0.3 is 0 Å². The molecule has 26 heavy (non-hydrogen) atoms. The number of halogens is 1. The fourth-order valence-corrected chi connectivity index (χ4v) is 2.36. The fourth-order valence-electron chi connectivity index (χ4n) is 2.36. The Bertz CT molecular complexity index is 980. The second kappa shape index (κ2) is 8.02. The Labute approximate surface area is 149 Å². The van der Waals surface area contributed by atoms with Crippen LogP contribution < -0.4 is 10.9 Å². The number of amides is 1. The van der Waals surface area contributed by atoms with Gasteiger partial charge in [-0.3, -0.25) is 14.6 Å². The van der Waals surface area contributed by atoms with Gasteiger partial charge in [-0.15, -0.1) is 0 Å². The summed E-state index contributed by atoms with van der Waals surface area (Å²) in [6, 6.07) is 12.7. The van der Waals surface area contributed by atoms with Gasteiger partial charge in [-0.25, -0.2) is 4.39 Å². The molecule has 0 saturated heterocycles. The molecule has 0 spiro atoms. The SMILES string of the molecule is O=C(/C=C/c1cccnc1)Nc1cccn(Cc2ccc(F)cc2)c1=O. The monoisotopic (exact) mass is 349 g/mol. The molecule has 2 heterocycles. The van der Waals surface area contributed by atoms with Gasteiger partial charge in [-0.05, 0) is 47.5 Å². The standard InChI is InChI=1S/C20H16FN3O2/c21-17-8-5-16(6-9-17)14-24-12-2-4-18(20(24)26)23-19(25)10-7-15-3-1-11-22-13-15/h1-13H,14H2,(H,23,25)/b10-7+. The largest absolute Gasteiger partial charge is 0.318 e. The molecule has 0 aliphatic carbocycles. The molecule has 3 rings (SSSR count). The summed E-state index contributed by atoms with van der Waals surface area (Å²) in [7, 11) is 0. The average molecular weight is 349 g/mol. The van der Waals surface area contributed by atoms with E-state index in [1.165, 1.54) is 22.8 Å². The number of rotatable bonds is 5. The molecule has 6 heteroatoms. The van der Waals surface area contributed by atoms with Gasteiger partial charge in [0.05, 0.1) is 6.54 Å². The van der Waals surface area contributed by atoms with Gasteiger partial charge in [0.25, 0.3) is 5.56 Å². The summed E-state index contributed by atoms with van der Waals surface area (Å²) in [6.07, 6.45) is 7.84. The van der Waals surface area contributed by atoms with Gasteiger partial charge in [0, 0.05) is 24.7 Å². The molecule has 0 saturated carbocycles. The zero-order chi connectivity index (χ0) is 18.4. The Morgan fingerprint density at radius 3 is 2.69 bits per heavy atom. The smallest absolute Gasteiger partial charge is 0.274 e. The number of pyridine rings is 2. The van der Waals surface area contributed by atoms with E-state index in [4.69, 9.17) is 0 Å². The second-order valence-corrected chi connectivity index (χ2v) is 5.59. The number of nitrogens with zero attached hydrogens (tertiary/aromatic N) is 2. The molecular formula is C20H16FN3O2. The predicted octanol–water partition coefficient (Wildman–Crippen LogP) is 3.08. The highest BCUT2D eigenvalue weighted by Gasteiger charge is 2.06. The molecule has 0 radical (unpaired) electrons. The first-order valence-corrected chi connectivity index (χ1v) is 7.95. The van der Waals surface area contributed by atoms with Crippen LogP contribution in [0.3, 0.4) is 0 Å². The number of hydrogen-bond acceptors (Lipinski definition) is 3. The highest BCUT2D eigenvalue weighted by atomic mass is 19.1. The molecule has 0 fully saturated rings. The molecule has 3 aromatic rings. The Morgan fingerprint density at radius 1 is 1.15 bits per heavy atom. The minimum absolute atomic E-state index is 0.176. The van der Waals surface area contributed by atoms with Crippen LogP contribution in [0.1, 0.15) is 11.1 Å². The average Bonchev–Trinajstić information content (AvgIpc) is 2.66. The number of benzene rings is 1. The topological polar surface area (TPSA) is 64.0 Å². The Morgan fingerprint density at radius 2 is 1.96 bits per heavy atom. The van der Waals surface area contributed by atoms with E-state index in [-0.39, 0.29) is 23.6 Å². The number of anilines is 1. The maximum atomic E-state index is 13.0. The lowest BCUT2D eigenvalue weighted by molar-refractivity contribution is -0.111. The van der Waals surface area contributed by atoms with Gasteiger partial charge in [-0.1, -0.05) is 18.2 Å². The Balaban J connectivity index is 1.72. The first kappa shape index (κ1) is 17.3. The van der Waals surface area contributed by atoms with Crippen molar-refractivity contribution in [2.45, 2.75) is 6.54 Å². The highest BCUT2D eigenvalue weighted by Crippen LogP contribution is 2.06. The van der Waals surface area contributed by atoms with Crippen molar-refractivity contribution in [3.8, 4) is 0 Å². The molecule has 0 unspecified atom stereocenters. The summed E-state index contributed by atoms with van der Waals surface area (Å²) in [5.41, 5.74) is 1.41. The van der Waals surface area contributed by atoms with Crippen LogP contribution in [0.25, 0.3) is 6.08 Å². The fraction of sp³-hybridized carbons (Fsp3) is 0.0500. The molecule has 1 N–H and O–H groups in total. The van der Waals surface area contributed by atoms with E-state index < -0.39 is 5.91 Å². The van der Waals surface area contributed by atoms with Gasteiger partial charge in [0.1, 0.15) is 11.5 Å². The maximum Gasteiger partial charge on any atom is 0.274 e. The Kier molecular flexibility index (Phi) is 5.34. The number of carbonyl (C=O) groups excluding carboxylic acids is 1. The second-order valence-electron chi connectivity index (χ2n) is 5.59. The molecule has 5 nitrogen and oxygen atoms in total. The van der Waals surface area contributed by atoms with Crippen molar-refractivity contribution >= 4 is 17.7 Å². The highest BCUT2D eigenvalue weighted by molar-refractivity contribution is 6.01. The van der Waals surface area contributed by atoms with Crippen molar-refractivity contribution in [2.24, 2.45) is 0 Å². The maximum absolute atomic E-state index is 13.0. The van der Waals surface area contributed by atoms with Crippen molar-refractivity contribution in [3.05, 3.63) is 100 Å². The summed E-state index contributed by atoms with van der Waals surface area (Å²) in [4.78, 5) is 28.5. The molecule has 1 aromatic carbocycles. The number of hydrogen-bond donors (Lipinski definition) is 1.